The molecule has 0 bridgehead atoms. The second-order valence-electron chi connectivity index (χ2n) is 15.3. The number of halogens is 3. The number of pyridine rings is 1. The van der Waals surface area contributed by atoms with Crippen LogP contribution in [0.3, 0.4) is 0 Å². The average Bonchev–Trinajstić information content (AvgIpc) is 3.41. The molecule has 4 nitrogen and oxygen atoms in total. The van der Waals surface area contributed by atoms with E-state index in [1.807, 2.05) is 64.2 Å². The molecule has 0 fully saturated rings. The molecule has 0 saturated carbocycles. The molecular formula is C44H52F3IrN2O2Si-. The monoisotopic (exact) mass is 918 g/mol. The fraction of sp³-hybridized carbons (Fsp3) is 0.409. The van der Waals surface area contributed by atoms with Gasteiger partial charge in [-0.3, -0.25) is 9.78 Å². The van der Waals surface area contributed by atoms with Crippen LogP contribution in [0.25, 0.3) is 44.2 Å². The number of alkyl halides is 3. The van der Waals surface area contributed by atoms with E-state index in [0.29, 0.717) is 5.56 Å². The van der Waals surface area contributed by atoms with Gasteiger partial charge in [-0.25, -0.2) is 0 Å². The molecule has 0 amide bonds. The van der Waals surface area contributed by atoms with E-state index in [9.17, 15) is 23.1 Å². The Bertz CT molecular complexity index is 2110. The van der Waals surface area contributed by atoms with Crippen molar-refractivity contribution in [2.75, 3.05) is 0 Å². The van der Waals surface area contributed by atoms with Gasteiger partial charge in [-0.2, -0.15) is 13.2 Å². The van der Waals surface area contributed by atoms with Crippen molar-refractivity contribution in [2.45, 2.75) is 99.8 Å². The number of fused-ring (bicyclic) bond motifs is 3. The van der Waals surface area contributed by atoms with E-state index in [1.54, 1.807) is 0 Å². The first-order chi connectivity index (χ1) is 24.5. The van der Waals surface area contributed by atoms with E-state index < -0.39 is 19.8 Å². The summed E-state index contributed by atoms with van der Waals surface area (Å²) in [5.74, 6) is 0.547. The van der Waals surface area contributed by atoms with Crippen molar-refractivity contribution in [2.24, 2.45) is 17.3 Å². The number of aryl methyl sites for hydroxylation is 1. The molecule has 1 radical (unpaired) electrons. The molecule has 285 valence electrons. The number of aromatic nitrogens is 2. The topological polar surface area (TPSA) is 55.1 Å². The van der Waals surface area contributed by atoms with Crippen LogP contribution in [0.1, 0.15) is 78.4 Å². The van der Waals surface area contributed by atoms with Crippen molar-refractivity contribution in [1.82, 2.24) is 9.22 Å². The molecule has 1 aliphatic rings. The van der Waals surface area contributed by atoms with Gasteiger partial charge in [0.25, 0.3) is 0 Å². The minimum atomic E-state index is -4.25. The summed E-state index contributed by atoms with van der Waals surface area (Å²) in [5, 5.41) is 14.5. The summed E-state index contributed by atoms with van der Waals surface area (Å²) in [4.78, 5) is 16.6. The molecule has 5 aromatic rings. The number of aliphatic hydroxyl groups excluding tert-OH is 1. The van der Waals surface area contributed by atoms with Crippen LogP contribution in [0, 0.1) is 30.2 Å². The first-order valence-corrected chi connectivity index (χ1v) is 21.5. The number of aliphatic hydroxyl groups is 1. The largest absolute Gasteiger partial charge is 0.512 e. The van der Waals surface area contributed by atoms with E-state index in [0.717, 1.165) is 64.5 Å². The van der Waals surface area contributed by atoms with Gasteiger partial charge in [-0.05, 0) is 67.2 Å². The molecular weight excluding hydrogens is 866 g/mol. The Labute approximate surface area is 327 Å². The van der Waals surface area contributed by atoms with Gasteiger partial charge in [0.05, 0.1) is 11.2 Å². The van der Waals surface area contributed by atoms with Gasteiger partial charge in [0.2, 0.25) is 0 Å². The zero-order valence-electron chi connectivity index (χ0n) is 32.3. The third-order valence-electron chi connectivity index (χ3n) is 11.1. The standard InChI is InChI=1S/C31H28F3N2Si.C13H24O2.Ir/c1-19-24-14-15-35-27-25-16-22-8-6-7-9-23(22)17-26(25)37(4,5)36(29(24)27)28(19)21-12-10-20(11-13-21)18-30(2,3)31(32,33)34;1-5-10(6-2)12(14)9-13(15)11(7-3)8-4;/h6-15,17H,18H2,1-5H3;9-11,14H,5-8H2,1-4H3;/q-1;;/b;12-9-;. The van der Waals surface area contributed by atoms with E-state index in [2.05, 4.69) is 60.6 Å². The van der Waals surface area contributed by atoms with Crippen LogP contribution < -0.4 is 5.19 Å². The normalized spacial score (nSPS) is 13.9. The summed E-state index contributed by atoms with van der Waals surface area (Å²) >= 11 is 0. The minimum absolute atomic E-state index is 0. The van der Waals surface area contributed by atoms with Gasteiger partial charge >= 0.3 is 6.18 Å². The molecule has 0 aliphatic carbocycles. The van der Waals surface area contributed by atoms with E-state index >= 15 is 0 Å². The average molecular weight is 918 g/mol. The zero-order chi connectivity index (χ0) is 38.2. The predicted molar refractivity (Wildman–Crippen MR) is 212 cm³/mol. The van der Waals surface area contributed by atoms with Gasteiger partial charge in [-0.15, -0.1) is 23.6 Å². The van der Waals surface area contributed by atoms with Gasteiger partial charge in [-0.1, -0.05) is 113 Å². The van der Waals surface area contributed by atoms with Crippen LogP contribution in [0.4, 0.5) is 13.2 Å². The Balaban J connectivity index is 0.000000335. The predicted octanol–water partition coefficient (Wildman–Crippen LogP) is 11.9. The molecule has 2 aromatic heterocycles. The molecule has 3 aromatic carbocycles. The molecule has 53 heavy (non-hydrogen) atoms. The molecule has 0 atom stereocenters. The van der Waals surface area contributed by atoms with Crippen LogP contribution in [-0.4, -0.2) is 34.5 Å². The fourth-order valence-electron chi connectivity index (χ4n) is 7.60. The Morgan fingerprint density at radius 2 is 1.55 bits per heavy atom. The summed E-state index contributed by atoms with van der Waals surface area (Å²) in [6, 6.07) is 24.0. The molecule has 6 rings (SSSR count). The van der Waals surface area contributed by atoms with Crippen molar-refractivity contribution in [3.63, 3.8) is 0 Å². The number of benzene rings is 3. The Morgan fingerprint density at radius 3 is 2.13 bits per heavy atom. The van der Waals surface area contributed by atoms with E-state index in [4.69, 9.17) is 4.98 Å². The quantitative estimate of drug-likeness (QED) is 0.0657. The Hall–Kier alpha value is -3.52. The van der Waals surface area contributed by atoms with Gasteiger partial charge < -0.3 is 9.34 Å². The molecule has 1 aliphatic heterocycles. The van der Waals surface area contributed by atoms with Crippen LogP contribution in [0.2, 0.25) is 13.1 Å². The van der Waals surface area contributed by atoms with Gasteiger partial charge in [0.1, 0.15) is 8.24 Å². The zero-order valence-corrected chi connectivity index (χ0v) is 35.7. The number of hydrogen-bond acceptors (Lipinski definition) is 3. The van der Waals surface area contributed by atoms with Crippen molar-refractivity contribution in [1.29, 1.82) is 0 Å². The van der Waals surface area contributed by atoms with Gasteiger partial charge in [0, 0.05) is 61.1 Å². The summed E-state index contributed by atoms with van der Waals surface area (Å²) < 4.78 is 42.9. The van der Waals surface area contributed by atoms with E-state index in [1.165, 1.54) is 36.1 Å². The Morgan fingerprint density at radius 1 is 0.943 bits per heavy atom. The second-order valence-corrected chi connectivity index (χ2v) is 19.4. The van der Waals surface area contributed by atoms with E-state index in [-0.39, 0.29) is 49.9 Å². The fourth-order valence-corrected chi connectivity index (χ4v) is 10.8. The maximum absolute atomic E-state index is 13.5. The van der Waals surface area contributed by atoms with Crippen molar-refractivity contribution in [3.8, 4) is 22.5 Å². The number of hydrogen-bond donors (Lipinski definition) is 1. The summed E-state index contributed by atoms with van der Waals surface area (Å²) in [6.07, 6.45) is 2.47. The second kappa shape index (κ2) is 16.5. The number of ketones is 1. The first kappa shape index (κ1) is 42.2. The Kier molecular flexibility index (Phi) is 13.1. The number of carbonyl (C=O) groups is 1. The van der Waals surface area contributed by atoms with Crippen LogP contribution in [0.15, 0.2) is 78.7 Å². The van der Waals surface area contributed by atoms with Crippen LogP contribution >= 0.6 is 0 Å². The smallest absolute Gasteiger partial charge is 0.394 e. The van der Waals surface area contributed by atoms with Crippen molar-refractivity contribution >= 4 is 40.9 Å². The summed E-state index contributed by atoms with van der Waals surface area (Å²) in [5.41, 5.74) is 5.38. The SMILES string of the molecule is CCC(CC)C(=O)/C=C(\O)C(CC)CC.Cc1c(-c2ccc(CC(C)(C)C(F)(F)F)cc2)n2c3c(nccc13)-c1[c-]c3ccccc3cc1[Si]2(C)C.[Ir]. The molecule has 0 saturated heterocycles. The van der Waals surface area contributed by atoms with Gasteiger partial charge in [0.15, 0.2) is 5.78 Å². The van der Waals surface area contributed by atoms with Crippen molar-refractivity contribution in [3.05, 3.63) is 95.9 Å². The first-order valence-electron chi connectivity index (χ1n) is 18.6. The van der Waals surface area contributed by atoms with Crippen LogP contribution in [0.5, 0.6) is 0 Å². The number of nitrogens with zero attached hydrogens (tertiary/aromatic N) is 2. The molecule has 0 spiro atoms. The molecule has 1 N–H and O–H groups in total. The number of carbonyl (C=O) groups excluding carboxylic acids is 1. The molecule has 0 unspecified atom stereocenters. The number of rotatable bonds is 10. The maximum atomic E-state index is 13.5. The third kappa shape index (κ3) is 8.13. The van der Waals surface area contributed by atoms with Crippen molar-refractivity contribution < 1.29 is 43.2 Å². The molecule has 3 heterocycles. The summed E-state index contributed by atoms with van der Waals surface area (Å²) in [6.45, 7) is 17.4. The van der Waals surface area contributed by atoms with Crippen LogP contribution in [-0.2, 0) is 31.3 Å². The summed E-state index contributed by atoms with van der Waals surface area (Å²) in [7, 11) is -2.27. The molecule has 9 heteroatoms. The minimum Gasteiger partial charge on any atom is -0.512 e. The third-order valence-corrected chi connectivity index (χ3v) is 14.4. The maximum Gasteiger partial charge on any atom is 0.394 e. The number of allylic oxidation sites excluding steroid dienone is 2.